The molecule has 0 atom stereocenters. The maximum atomic E-state index is 12.0. The molecule has 0 unspecified atom stereocenters. The van der Waals surface area contributed by atoms with Crippen molar-refractivity contribution >= 4 is 73.2 Å². The molecule has 0 saturated heterocycles. The molecule has 0 aliphatic heterocycles. The summed E-state index contributed by atoms with van der Waals surface area (Å²) in [6, 6.07) is 7.93. The first kappa shape index (κ1) is 19.9. The average molecular weight is 509 g/mol. The number of nitrogens with zero attached hydrogens (tertiary/aromatic N) is 1. The molecule has 0 heterocycles. The zero-order valence-electron chi connectivity index (χ0n) is 12.6. The van der Waals surface area contributed by atoms with E-state index in [1.54, 1.807) is 18.2 Å². The minimum atomic E-state index is -0.465. The third-order valence-electron chi connectivity index (χ3n) is 2.82. The molecule has 2 aromatic rings. The number of esters is 1. The van der Waals surface area contributed by atoms with E-state index in [1.807, 2.05) is 0 Å². The van der Waals surface area contributed by atoms with Crippen LogP contribution in [0.3, 0.4) is 0 Å². The molecule has 2 aromatic carbocycles. The van der Waals surface area contributed by atoms with Crippen molar-refractivity contribution < 1.29 is 14.3 Å². The lowest BCUT2D eigenvalue weighted by molar-refractivity contribution is -0.131. The molecule has 0 radical (unpaired) electrons. The van der Waals surface area contributed by atoms with Crippen LogP contribution < -0.4 is 10.2 Å². The first-order valence-corrected chi connectivity index (χ1v) is 9.08. The highest BCUT2D eigenvalue weighted by atomic mass is 79.9. The fourth-order valence-corrected chi connectivity index (χ4v) is 3.67. The van der Waals surface area contributed by atoms with Gasteiger partial charge in [0.2, 0.25) is 0 Å². The quantitative estimate of drug-likeness (QED) is 0.267. The van der Waals surface area contributed by atoms with E-state index in [0.717, 1.165) is 0 Å². The lowest BCUT2D eigenvalue weighted by Gasteiger charge is -2.08. The van der Waals surface area contributed by atoms with Gasteiger partial charge >= 0.3 is 5.97 Å². The number of hydrazone groups is 1. The molecule has 9 heteroatoms. The van der Waals surface area contributed by atoms with E-state index >= 15 is 0 Å². The lowest BCUT2D eigenvalue weighted by Crippen LogP contribution is -2.18. The van der Waals surface area contributed by atoms with Crippen LogP contribution in [0.4, 0.5) is 0 Å². The number of halogens is 4. The predicted octanol–water partition coefficient (Wildman–Crippen LogP) is 5.21. The SMILES string of the molecule is CC(=O)Oc1c(Br)cc(/C=N\NC(=O)c2ccc(Cl)cc2Cl)cc1Br. The Labute approximate surface area is 170 Å². The van der Waals surface area contributed by atoms with Gasteiger partial charge in [-0.2, -0.15) is 5.10 Å². The van der Waals surface area contributed by atoms with Gasteiger partial charge in [0, 0.05) is 11.9 Å². The van der Waals surface area contributed by atoms with Crippen molar-refractivity contribution in [3.63, 3.8) is 0 Å². The van der Waals surface area contributed by atoms with Gasteiger partial charge in [0.05, 0.1) is 25.7 Å². The van der Waals surface area contributed by atoms with Crippen LogP contribution in [0.1, 0.15) is 22.8 Å². The Morgan fingerprint density at radius 1 is 1.16 bits per heavy atom. The van der Waals surface area contributed by atoms with Crippen LogP contribution in [-0.4, -0.2) is 18.1 Å². The van der Waals surface area contributed by atoms with Crippen LogP contribution in [0, 0.1) is 0 Å². The molecular weight excluding hydrogens is 499 g/mol. The van der Waals surface area contributed by atoms with Crippen LogP contribution in [0.15, 0.2) is 44.4 Å². The van der Waals surface area contributed by atoms with Crippen molar-refractivity contribution in [1.82, 2.24) is 5.43 Å². The smallest absolute Gasteiger partial charge is 0.308 e. The average Bonchev–Trinajstić information content (AvgIpc) is 2.50. The fraction of sp³-hybridized carbons (Fsp3) is 0.0625. The predicted molar refractivity (Wildman–Crippen MR) is 105 cm³/mol. The highest BCUT2D eigenvalue weighted by Crippen LogP contribution is 2.34. The van der Waals surface area contributed by atoms with E-state index < -0.39 is 11.9 Å². The standard InChI is InChI=1S/C16H10Br2Cl2N2O3/c1-8(23)25-15-12(17)4-9(5-13(15)18)7-21-22-16(24)11-3-2-10(19)6-14(11)20/h2-7H,1H3,(H,22,24)/b21-7-. The molecule has 0 fully saturated rings. The normalized spacial score (nSPS) is 10.8. The zero-order chi connectivity index (χ0) is 18.6. The highest BCUT2D eigenvalue weighted by molar-refractivity contribution is 9.11. The Kier molecular flexibility index (Phi) is 7.01. The van der Waals surface area contributed by atoms with E-state index in [0.29, 0.717) is 25.3 Å². The van der Waals surface area contributed by atoms with Crippen molar-refractivity contribution in [2.75, 3.05) is 0 Å². The molecule has 0 bridgehead atoms. The van der Waals surface area contributed by atoms with E-state index in [1.165, 1.54) is 25.3 Å². The van der Waals surface area contributed by atoms with Crippen molar-refractivity contribution in [1.29, 1.82) is 0 Å². The third-order valence-corrected chi connectivity index (χ3v) is 4.55. The first-order chi connectivity index (χ1) is 11.8. The monoisotopic (exact) mass is 506 g/mol. The minimum Gasteiger partial charge on any atom is -0.424 e. The summed E-state index contributed by atoms with van der Waals surface area (Å²) in [5.74, 6) is -0.538. The van der Waals surface area contributed by atoms with E-state index in [9.17, 15) is 9.59 Å². The van der Waals surface area contributed by atoms with Gasteiger partial charge in [0.1, 0.15) is 0 Å². The number of rotatable bonds is 4. The first-order valence-electron chi connectivity index (χ1n) is 6.74. The Bertz CT molecular complexity index is 849. The van der Waals surface area contributed by atoms with Gasteiger partial charge in [-0.15, -0.1) is 0 Å². The summed E-state index contributed by atoms with van der Waals surface area (Å²) in [5, 5.41) is 4.56. The summed E-state index contributed by atoms with van der Waals surface area (Å²) in [4.78, 5) is 23.1. The van der Waals surface area contributed by atoms with Crippen molar-refractivity contribution in [3.05, 3.63) is 60.4 Å². The van der Waals surface area contributed by atoms with Gasteiger partial charge < -0.3 is 4.74 Å². The second kappa shape index (κ2) is 8.80. The molecular formula is C16H10Br2Cl2N2O3. The summed E-state index contributed by atoms with van der Waals surface area (Å²) in [7, 11) is 0. The highest BCUT2D eigenvalue weighted by Gasteiger charge is 2.11. The maximum absolute atomic E-state index is 12.0. The van der Waals surface area contributed by atoms with E-state index in [2.05, 4.69) is 42.4 Å². The Morgan fingerprint density at radius 3 is 2.36 bits per heavy atom. The van der Waals surface area contributed by atoms with Gasteiger partial charge in [-0.05, 0) is 67.8 Å². The lowest BCUT2D eigenvalue weighted by atomic mass is 10.2. The number of nitrogens with one attached hydrogen (secondary N) is 1. The summed E-state index contributed by atoms with van der Waals surface area (Å²) < 4.78 is 6.20. The fourth-order valence-electron chi connectivity index (χ4n) is 1.79. The van der Waals surface area contributed by atoms with E-state index in [4.69, 9.17) is 27.9 Å². The van der Waals surface area contributed by atoms with Crippen LogP contribution in [0.25, 0.3) is 0 Å². The van der Waals surface area contributed by atoms with Crippen LogP contribution >= 0.6 is 55.1 Å². The molecule has 1 N–H and O–H groups in total. The van der Waals surface area contributed by atoms with Gasteiger partial charge in [-0.25, -0.2) is 5.43 Å². The molecule has 0 aliphatic carbocycles. The van der Waals surface area contributed by atoms with Crippen molar-refractivity contribution in [3.8, 4) is 5.75 Å². The zero-order valence-corrected chi connectivity index (χ0v) is 17.3. The summed E-state index contributed by atoms with van der Waals surface area (Å²) in [6.07, 6.45) is 1.44. The third kappa shape index (κ3) is 5.54. The second-order valence-corrected chi connectivity index (χ2v) is 7.28. The van der Waals surface area contributed by atoms with Crippen molar-refractivity contribution in [2.45, 2.75) is 6.92 Å². The number of amides is 1. The van der Waals surface area contributed by atoms with Crippen molar-refractivity contribution in [2.24, 2.45) is 5.10 Å². The van der Waals surface area contributed by atoms with Crippen LogP contribution in [0.5, 0.6) is 5.75 Å². The molecule has 0 aromatic heterocycles. The topological polar surface area (TPSA) is 67.8 Å². The van der Waals surface area contributed by atoms with Gasteiger partial charge in [0.25, 0.3) is 5.91 Å². The molecule has 0 saturated carbocycles. The molecule has 5 nitrogen and oxygen atoms in total. The number of hydrogen-bond donors (Lipinski definition) is 1. The van der Waals surface area contributed by atoms with Crippen LogP contribution in [0.2, 0.25) is 10.0 Å². The number of carbonyl (C=O) groups excluding carboxylic acids is 2. The summed E-state index contributed by atoms with van der Waals surface area (Å²) >= 11 is 18.4. The molecule has 0 aliphatic rings. The maximum Gasteiger partial charge on any atom is 0.308 e. The van der Waals surface area contributed by atoms with E-state index in [-0.39, 0.29) is 10.6 Å². The Morgan fingerprint density at radius 2 is 1.80 bits per heavy atom. The Hall–Kier alpha value is -1.41. The summed E-state index contributed by atoms with van der Waals surface area (Å²) in [5.41, 5.74) is 3.30. The molecule has 1 amide bonds. The molecule has 25 heavy (non-hydrogen) atoms. The largest absolute Gasteiger partial charge is 0.424 e. The molecule has 130 valence electrons. The van der Waals surface area contributed by atoms with Crippen LogP contribution in [-0.2, 0) is 4.79 Å². The number of hydrogen-bond acceptors (Lipinski definition) is 4. The number of carbonyl (C=O) groups is 2. The summed E-state index contributed by atoms with van der Waals surface area (Å²) in [6.45, 7) is 1.31. The van der Waals surface area contributed by atoms with Gasteiger partial charge in [-0.1, -0.05) is 23.2 Å². The molecule has 0 spiro atoms. The van der Waals surface area contributed by atoms with Gasteiger partial charge in [-0.3, -0.25) is 9.59 Å². The number of benzene rings is 2. The van der Waals surface area contributed by atoms with Gasteiger partial charge in [0.15, 0.2) is 5.75 Å². The number of ether oxygens (including phenoxy) is 1. The Balaban J connectivity index is 2.11. The second-order valence-electron chi connectivity index (χ2n) is 4.73. The molecule has 2 rings (SSSR count). The minimum absolute atomic E-state index is 0.233.